The molecule has 3 aromatic carbocycles. The molecule has 0 bridgehead atoms. The van der Waals surface area contributed by atoms with E-state index in [0.29, 0.717) is 0 Å². The summed E-state index contributed by atoms with van der Waals surface area (Å²) in [5, 5.41) is 6.17. The van der Waals surface area contributed by atoms with E-state index in [4.69, 9.17) is 51.1 Å². The van der Waals surface area contributed by atoms with E-state index >= 15 is 4.39 Å². The van der Waals surface area contributed by atoms with Crippen LogP contribution in [-0.4, -0.2) is 34.8 Å². The SMILES string of the molecule is CCOC(C)C(=O)Nc1c(F)ccc(NC(=O)c2cc(NC(=O)[C@H]3[C@H](c4ccc(Cl)c(C(F)(F)F)c4)C3(Cl)Cl)ccc2Cl)c1F.[HH].[HH].[HH]. The van der Waals surface area contributed by atoms with Crippen molar-refractivity contribution in [2.24, 2.45) is 5.92 Å². The van der Waals surface area contributed by atoms with E-state index in [1.807, 2.05) is 0 Å². The highest BCUT2D eigenvalue weighted by molar-refractivity contribution is 6.53. The van der Waals surface area contributed by atoms with Gasteiger partial charge < -0.3 is 20.7 Å². The number of rotatable bonds is 9. The number of benzene rings is 3. The van der Waals surface area contributed by atoms with Crippen LogP contribution in [0.1, 0.15) is 45.5 Å². The van der Waals surface area contributed by atoms with E-state index in [2.05, 4.69) is 16.0 Å². The summed E-state index contributed by atoms with van der Waals surface area (Å²) >= 11 is 24.4. The second-order valence-corrected chi connectivity index (χ2v) is 12.1. The molecule has 0 aromatic heterocycles. The molecule has 1 fully saturated rings. The summed E-state index contributed by atoms with van der Waals surface area (Å²) in [7, 11) is 0. The van der Waals surface area contributed by atoms with E-state index in [9.17, 15) is 31.9 Å². The van der Waals surface area contributed by atoms with E-state index in [1.165, 1.54) is 25.1 Å². The van der Waals surface area contributed by atoms with E-state index < -0.39 is 79.8 Å². The molecular formula is C29H28Cl4F5N3O4. The Morgan fingerprint density at radius 3 is 2.29 bits per heavy atom. The maximum atomic E-state index is 15.1. The Balaban J connectivity index is 0.00000384. The van der Waals surface area contributed by atoms with Crippen LogP contribution in [0, 0.1) is 17.6 Å². The number of carbonyl (C=O) groups is 3. The minimum Gasteiger partial charge on any atom is -0.369 e. The van der Waals surface area contributed by atoms with Crippen molar-refractivity contribution in [1.82, 2.24) is 0 Å². The van der Waals surface area contributed by atoms with Crippen molar-refractivity contribution in [2.45, 2.75) is 36.4 Å². The molecule has 246 valence electrons. The number of alkyl halides is 5. The molecule has 3 amide bonds. The Morgan fingerprint density at radius 1 is 0.978 bits per heavy atom. The van der Waals surface area contributed by atoms with Crippen molar-refractivity contribution < 1.29 is 45.4 Å². The maximum Gasteiger partial charge on any atom is 0.417 e. The summed E-state index contributed by atoms with van der Waals surface area (Å²) in [5.41, 5.74) is -2.60. The molecule has 3 aromatic rings. The van der Waals surface area contributed by atoms with Crippen LogP contribution in [0.3, 0.4) is 0 Å². The zero-order chi connectivity index (χ0) is 33.4. The van der Waals surface area contributed by atoms with Gasteiger partial charge in [0.15, 0.2) is 5.82 Å². The predicted molar refractivity (Wildman–Crippen MR) is 168 cm³/mol. The fraction of sp³-hybridized carbons (Fsp3) is 0.276. The number of halogens is 9. The molecule has 0 aliphatic heterocycles. The highest BCUT2D eigenvalue weighted by atomic mass is 35.5. The van der Waals surface area contributed by atoms with Crippen LogP contribution in [-0.2, 0) is 20.5 Å². The number of nitrogens with one attached hydrogen (secondary N) is 3. The van der Waals surface area contributed by atoms with Crippen LogP contribution in [0.2, 0.25) is 10.0 Å². The Morgan fingerprint density at radius 2 is 1.64 bits per heavy atom. The lowest BCUT2D eigenvalue weighted by Crippen LogP contribution is -2.28. The Hall–Kier alpha value is -3.16. The third-order valence-corrected chi connectivity index (χ3v) is 8.44. The normalized spacial score (nSPS) is 17.8. The zero-order valence-corrected chi connectivity index (χ0v) is 26.1. The van der Waals surface area contributed by atoms with Gasteiger partial charge in [-0.1, -0.05) is 29.3 Å². The van der Waals surface area contributed by atoms with Crippen molar-refractivity contribution in [3.05, 3.63) is 86.9 Å². The van der Waals surface area contributed by atoms with Gasteiger partial charge in [-0.15, -0.1) is 23.2 Å². The van der Waals surface area contributed by atoms with Crippen LogP contribution < -0.4 is 16.0 Å². The van der Waals surface area contributed by atoms with Crippen LogP contribution in [0.4, 0.5) is 39.0 Å². The van der Waals surface area contributed by atoms with Crippen LogP contribution in [0.15, 0.2) is 48.5 Å². The highest BCUT2D eigenvalue weighted by Gasteiger charge is 2.67. The summed E-state index contributed by atoms with van der Waals surface area (Å²) in [4.78, 5) is 38.3. The first-order valence-electron chi connectivity index (χ1n) is 13.0. The molecule has 16 heteroatoms. The van der Waals surface area contributed by atoms with Crippen LogP contribution >= 0.6 is 46.4 Å². The minimum absolute atomic E-state index is 0. The van der Waals surface area contributed by atoms with Gasteiger partial charge in [0.2, 0.25) is 5.91 Å². The maximum absolute atomic E-state index is 15.1. The Labute approximate surface area is 277 Å². The average molecular weight is 719 g/mol. The van der Waals surface area contributed by atoms with Gasteiger partial charge in [0.25, 0.3) is 11.8 Å². The third-order valence-electron chi connectivity index (χ3n) is 6.84. The largest absolute Gasteiger partial charge is 0.417 e. The molecule has 1 saturated carbocycles. The number of hydrogen-bond donors (Lipinski definition) is 3. The summed E-state index contributed by atoms with van der Waals surface area (Å²) in [6.07, 6.45) is -5.77. The second-order valence-electron chi connectivity index (χ2n) is 9.88. The number of hydrogen-bond acceptors (Lipinski definition) is 4. The Bertz CT molecular complexity index is 1690. The fourth-order valence-electron chi connectivity index (χ4n) is 4.52. The van der Waals surface area contributed by atoms with Crippen molar-refractivity contribution in [3.63, 3.8) is 0 Å². The van der Waals surface area contributed by atoms with Crippen molar-refractivity contribution in [3.8, 4) is 0 Å². The molecular weight excluding hydrogens is 691 g/mol. The smallest absolute Gasteiger partial charge is 0.369 e. The van der Waals surface area contributed by atoms with E-state index in [-0.39, 0.29) is 32.7 Å². The molecule has 1 aliphatic rings. The van der Waals surface area contributed by atoms with E-state index in [1.54, 1.807) is 6.92 Å². The molecule has 1 unspecified atom stereocenters. The molecule has 7 nitrogen and oxygen atoms in total. The predicted octanol–water partition coefficient (Wildman–Crippen LogP) is 9.17. The molecule has 1 aliphatic carbocycles. The number of anilines is 3. The van der Waals surface area contributed by atoms with Gasteiger partial charge in [-0.25, -0.2) is 8.78 Å². The quantitative estimate of drug-likeness (QED) is 0.152. The van der Waals surface area contributed by atoms with Gasteiger partial charge in [-0.05, 0) is 61.9 Å². The zero-order valence-electron chi connectivity index (χ0n) is 23.1. The van der Waals surface area contributed by atoms with Gasteiger partial charge in [-0.3, -0.25) is 14.4 Å². The molecule has 4 rings (SSSR count). The standard InChI is InChI=1S/C29H22Cl4F5N3O4.3H2/c1-3-45-12(2)25(42)41-24-19(34)8-9-20(23(24)35)40-26(43)15-11-14(5-7-17(15)30)39-27(44)22-21(28(22,32)33)13-4-6-18(31)16(10-13)29(36,37)38;;;/h4-12,21-22H,3H2,1-2H3,(H,39,44)(H,40,43)(H,41,42);3*1H/t12?,21-,22+;;;/m0.../s1. The molecule has 0 spiro atoms. The topological polar surface area (TPSA) is 96.5 Å². The molecule has 0 heterocycles. The summed E-state index contributed by atoms with van der Waals surface area (Å²) in [6.45, 7) is 3.20. The third kappa shape index (κ3) is 7.47. The van der Waals surface area contributed by atoms with Crippen molar-refractivity contribution in [1.29, 1.82) is 0 Å². The van der Waals surface area contributed by atoms with Crippen molar-refractivity contribution >= 4 is 81.2 Å². The van der Waals surface area contributed by atoms with Crippen LogP contribution in [0.5, 0.6) is 0 Å². The van der Waals surface area contributed by atoms with Gasteiger partial charge >= 0.3 is 6.18 Å². The molecule has 3 N–H and O–H groups in total. The number of ether oxygens (including phenoxy) is 1. The van der Waals surface area contributed by atoms with Crippen LogP contribution in [0.25, 0.3) is 0 Å². The first-order chi connectivity index (χ1) is 21.0. The minimum atomic E-state index is -4.75. The molecule has 3 atom stereocenters. The second kappa shape index (κ2) is 13.3. The fourth-order valence-corrected chi connectivity index (χ4v) is 5.78. The first kappa shape index (κ1) is 34.7. The lowest BCUT2D eigenvalue weighted by Gasteiger charge is -2.15. The monoisotopic (exact) mass is 717 g/mol. The summed E-state index contributed by atoms with van der Waals surface area (Å²) in [6, 6.07) is 8.57. The molecule has 0 saturated heterocycles. The Kier molecular flexibility index (Phi) is 10.3. The van der Waals surface area contributed by atoms with Gasteiger partial charge in [0, 0.05) is 22.5 Å². The lowest BCUT2D eigenvalue weighted by atomic mass is 10.0. The van der Waals surface area contributed by atoms with Gasteiger partial charge in [-0.2, -0.15) is 13.2 Å². The average Bonchev–Trinajstić information content (AvgIpc) is 3.54. The number of carbonyl (C=O) groups excluding carboxylic acids is 3. The van der Waals surface area contributed by atoms with E-state index in [0.717, 1.165) is 30.3 Å². The van der Waals surface area contributed by atoms with Crippen molar-refractivity contribution in [2.75, 3.05) is 22.6 Å². The van der Waals surface area contributed by atoms with Gasteiger partial charge in [0.1, 0.15) is 21.9 Å². The lowest BCUT2D eigenvalue weighted by molar-refractivity contribution is -0.137. The summed E-state index contributed by atoms with van der Waals surface area (Å²) < 4.78 is 72.9. The first-order valence-corrected chi connectivity index (χ1v) is 14.5. The van der Waals surface area contributed by atoms with Gasteiger partial charge in [0.05, 0.1) is 32.8 Å². The summed E-state index contributed by atoms with van der Waals surface area (Å²) in [5.74, 6) is -7.13. The molecule has 45 heavy (non-hydrogen) atoms. The number of amides is 3. The molecule has 0 radical (unpaired) electrons. The highest BCUT2D eigenvalue weighted by Crippen LogP contribution is 2.65.